The average molecular weight is 161 g/mol. The maximum Gasteiger partial charge on any atom is 0.318 e. The molecule has 0 amide bonds. The molecule has 0 aliphatic heterocycles. The minimum absolute atomic E-state index is 0.0502. The normalized spacial score (nSPS) is 9.20. The topological polar surface area (TPSA) is 98.5 Å². The average Bonchev–Trinajstić information content (AvgIpc) is 2.13. The van der Waals surface area contributed by atoms with Gasteiger partial charge in [0.05, 0.1) is 0 Å². The molecular formula is C3H3N3O3S. The van der Waals surface area contributed by atoms with Crippen molar-refractivity contribution in [2.45, 2.75) is 0 Å². The van der Waals surface area contributed by atoms with E-state index >= 15 is 0 Å². The molecule has 7 heteroatoms. The van der Waals surface area contributed by atoms with E-state index < -0.39 is 10.5 Å². The molecule has 0 bridgehead atoms. The molecule has 0 aliphatic rings. The minimum atomic E-state index is -2.51. The van der Waals surface area contributed by atoms with Crippen LogP contribution in [0.25, 0.3) is 0 Å². The maximum atomic E-state index is 9.89. The van der Waals surface area contributed by atoms with Crippen molar-refractivity contribution in [1.29, 1.82) is 0 Å². The molecule has 0 saturated carbocycles. The number of aromatic nitrogens is 1. The van der Waals surface area contributed by atoms with Crippen LogP contribution in [0, 0.1) is 0 Å². The van der Waals surface area contributed by atoms with Gasteiger partial charge in [-0.3, -0.25) is 0 Å². The lowest BCUT2D eigenvalue weighted by atomic mass is 10.8. The summed E-state index contributed by atoms with van der Waals surface area (Å²) in [4.78, 5) is 3.40. The lowest BCUT2D eigenvalue weighted by Gasteiger charge is -1.70. The first-order chi connectivity index (χ1) is 4.68. The lowest BCUT2D eigenvalue weighted by molar-refractivity contribution is 0.580. The van der Waals surface area contributed by atoms with Crippen molar-refractivity contribution in [3.63, 3.8) is 0 Å². The molecule has 0 saturated heterocycles. The van der Waals surface area contributed by atoms with Crippen LogP contribution in [0.1, 0.15) is 0 Å². The Bertz CT molecular complexity index is 343. The maximum absolute atomic E-state index is 9.89. The van der Waals surface area contributed by atoms with Crippen LogP contribution in [-0.4, -0.2) is 13.4 Å². The van der Waals surface area contributed by atoms with E-state index in [2.05, 4.69) is 13.8 Å². The van der Waals surface area contributed by atoms with Gasteiger partial charge in [-0.05, 0) is 0 Å². The molecule has 6 nitrogen and oxygen atoms in total. The van der Waals surface area contributed by atoms with Crippen LogP contribution in [0.4, 0.5) is 11.8 Å². The molecule has 0 radical (unpaired) electrons. The Morgan fingerprint density at radius 1 is 1.70 bits per heavy atom. The summed E-state index contributed by atoms with van der Waals surface area (Å²) in [5, 5.41) is 0. The third-order valence-electron chi connectivity index (χ3n) is 0.678. The Hall–Kier alpha value is -1.37. The Labute approximate surface area is 57.4 Å². The molecule has 0 atom stereocenters. The highest BCUT2D eigenvalue weighted by Gasteiger charge is 1.95. The van der Waals surface area contributed by atoms with Gasteiger partial charge in [-0.25, -0.2) is 0 Å². The van der Waals surface area contributed by atoms with E-state index in [1.54, 1.807) is 0 Å². The van der Waals surface area contributed by atoms with Gasteiger partial charge in [0.25, 0.3) is 6.01 Å². The predicted octanol–water partition coefficient (Wildman–Crippen LogP) is -0.0490. The van der Waals surface area contributed by atoms with Crippen molar-refractivity contribution in [3.05, 3.63) is 6.26 Å². The highest BCUT2D eigenvalue weighted by Crippen LogP contribution is 2.10. The SMILES string of the molecule is Nc1nc(N=S(=O)=O)co1. The summed E-state index contributed by atoms with van der Waals surface area (Å²) >= 11 is 0. The first-order valence-corrected chi connectivity index (χ1v) is 3.24. The molecule has 2 N–H and O–H groups in total. The Balaban J connectivity index is 3.09. The number of anilines is 1. The van der Waals surface area contributed by atoms with Gasteiger partial charge in [0.15, 0.2) is 0 Å². The zero-order chi connectivity index (χ0) is 7.56. The zero-order valence-electron chi connectivity index (χ0n) is 4.68. The van der Waals surface area contributed by atoms with Crippen molar-refractivity contribution >= 4 is 22.3 Å². The van der Waals surface area contributed by atoms with Crippen molar-refractivity contribution in [3.8, 4) is 0 Å². The number of oxazole rings is 1. The molecule has 1 aromatic rings. The van der Waals surface area contributed by atoms with Gasteiger partial charge < -0.3 is 10.2 Å². The van der Waals surface area contributed by atoms with Crippen LogP contribution in [0.15, 0.2) is 15.0 Å². The van der Waals surface area contributed by atoms with Crippen LogP contribution in [0.3, 0.4) is 0 Å². The van der Waals surface area contributed by atoms with E-state index in [9.17, 15) is 8.42 Å². The summed E-state index contributed by atoms with van der Waals surface area (Å²) in [7, 11) is -2.51. The van der Waals surface area contributed by atoms with E-state index in [4.69, 9.17) is 5.73 Å². The van der Waals surface area contributed by atoms with Crippen LogP contribution in [0.5, 0.6) is 0 Å². The molecular weight excluding hydrogens is 158 g/mol. The summed E-state index contributed by atoms with van der Waals surface area (Å²) < 4.78 is 27.3. The molecule has 1 rings (SSSR count). The second-order valence-electron chi connectivity index (χ2n) is 1.35. The van der Waals surface area contributed by atoms with Gasteiger partial charge in [0.2, 0.25) is 5.82 Å². The van der Waals surface area contributed by atoms with Crippen LogP contribution in [0.2, 0.25) is 0 Å². The molecule has 0 spiro atoms. The summed E-state index contributed by atoms with van der Waals surface area (Å²) in [5.41, 5.74) is 5.02. The van der Waals surface area contributed by atoms with Gasteiger partial charge in [-0.15, -0.1) is 4.36 Å². The Morgan fingerprint density at radius 2 is 2.40 bits per heavy atom. The number of hydrogen-bond acceptors (Lipinski definition) is 6. The van der Waals surface area contributed by atoms with Gasteiger partial charge in [0.1, 0.15) is 6.26 Å². The highest BCUT2D eigenvalue weighted by molar-refractivity contribution is 7.61. The van der Waals surface area contributed by atoms with Crippen LogP contribution in [-0.2, 0) is 10.5 Å². The fourth-order valence-corrected chi connectivity index (χ4v) is 0.634. The van der Waals surface area contributed by atoms with Crippen LogP contribution >= 0.6 is 0 Å². The third-order valence-corrected chi connectivity index (χ3v) is 1.01. The van der Waals surface area contributed by atoms with Crippen molar-refractivity contribution in [1.82, 2.24) is 4.98 Å². The molecule has 10 heavy (non-hydrogen) atoms. The first kappa shape index (κ1) is 6.75. The number of nitrogens with two attached hydrogens (primary N) is 1. The summed E-state index contributed by atoms with van der Waals surface area (Å²) in [6.07, 6.45) is 1.05. The smallest absolute Gasteiger partial charge is 0.318 e. The summed E-state index contributed by atoms with van der Waals surface area (Å²) in [6.45, 7) is 0. The van der Waals surface area contributed by atoms with E-state index in [0.29, 0.717) is 0 Å². The summed E-state index contributed by atoms with van der Waals surface area (Å²) in [6, 6.07) is -0.107. The molecule has 1 aromatic heterocycles. The number of nitrogens with zero attached hydrogens (tertiary/aromatic N) is 2. The van der Waals surface area contributed by atoms with Crippen molar-refractivity contribution in [2.24, 2.45) is 4.36 Å². The lowest BCUT2D eigenvalue weighted by Crippen LogP contribution is -1.80. The van der Waals surface area contributed by atoms with Gasteiger partial charge in [0, 0.05) is 0 Å². The van der Waals surface area contributed by atoms with Crippen molar-refractivity contribution < 1.29 is 12.8 Å². The molecule has 0 aromatic carbocycles. The van der Waals surface area contributed by atoms with E-state index in [1.807, 2.05) is 0 Å². The van der Waals surface area contributed by atoms with Gasteiger partial charge in [-0.2, -0.15) is 13.4 Å². The number of nitrogen functional groups attached to an aromatic ring is 1. The monoisotopic (exact) mass is 161 g/mol. The standard InChI is InChI=1S/C3H3N3O3S/c4-3-5-2(1-9-3)6-10(7)8/h1H,(H2,4,5). The highest BCUT2D eigenvalue weighted by atomic mass is 32.2. The quantitative estimate of drug-likeness (QED) is 0.622. The molecule has 0 fully saturated rings. The minimum Gasteiger partial charge on any atom is -0.430 e. The Morgan fingerprint density at radius 3 is 2.80 bits per heavy atom. The first-order valence-electron chi connectivity index (χ1n) is 2.20. The van der Waals surface area contributed by atoms with Gasteiger partial charge in [-0.1, -0.05) is 0 Å². The Kier molecular flexibility index (Phi) is 1.67. The fourth-order valence-electron chi connectivity index (χ4n) is 0.397. The predicted molar refractivity (Wildman–Crippen MR) is 31.9 cm³/mol. The second kappa shape index (κ2) is 2.48. The van der Waals surface area contributed by atoms with E-state index in [1.165, 1.54) is 0 Å². The summed E-state index contributed by atoms with van der Waals surface area (Å²) in [5.74, 6) is -0.0502. The molecule has 1 heterocycles. The second-order valence-corrected chi connectivity index (χ2v) is 1.97. The van der Waals surface area contributed by atoms with E-state index in [-0.39, 0.29) is 11.8 Å². The molecule has 0 unspecified atom stereocenters. The molecule has 0 aliphatic carbocycles. The molecule has 54 valence electrons. The fraction of sp³-hybridized carbons (Fsp3) is 0. The van der Waals surface area contributed by atoms with E-state index in [0.717, 1.165) is 6.26 Å². The van der Waals surface area contributed by atoms with Gasteiger partial charge >= 0.3 is 10.5 Å². The van der Waals surface area contributed by atoms with Crippen LogP contribution < -0.4 is 5.73 Å². The van der Waals surface area contributed by atoms with Crippen molar-refractivity contribution in [2.75, 3.05) is 5.73 Å². The number of hydrogen-bond donors (Lipinski definition) is 1. The third kappa shape index (κ3) is 1.55. The largest absolute Gasteiger partial charge is 0.430 e. The number of rotatable bonds is 1. The zero-order valence-corrected chi connectivity index (χ0v) is 5.50.